The van der Waals surface area contributed by atoms with Crippen molar-refractivity contribution in [2.75, 3.05) is 32.1 Å². The topological polar surface area (TPSA) is 122 Å². The molecular formula is C22H29N3O6S2. The molecule has 0 aliphatic carbocycles. The lowest BCUT2D eigenvalue weighted by atomic mass is 10.2. The number of nitrogens with zero attached hydrogens (tertiary/aromatic N) is 1. The minimum atomic E-state index is -3.64. The van der Waals surface area contributed by atoms with Crippen LogP contribution in [0.25, 0.3) is 0 Å². The summed E-state index contributed by atoms with van der Waals surface area (Å²) in [6, 6.07) is 9.02. The van der Waals surface area contributed by atoms with E-state index in [1.54, 1.807) is 32.0 Å². The summed E-state index contributed by atoms with van der Waals surface area (Å²) >= 11 is 0. The third-order valence-corrected chi connectivity index (χ3v) is 8.83. The molecule has 33 heavy (non-hydrogen) atoms. The maximum absolute atomic E-state index is 12.8. The summed E-state index contributed by atoms with van der Waals surface area (Å²) in [6.45, 7) is 4.20. The van der Waals surface area contributed by atoms with Gasteiger partial charge < -0.3 is 10.1 Å². The molecule has 0 aromatic heterocycles. The van der Waals surface area contributed by atoms with Crippen molar-refractivity contribution in [3.63, 3.8) is 0 Å². The van der Waals surface area contributed by atoms with Crippen LogP contribution in [0.4, 0.5) is 5.69 Å². The Labute approximate surface area is 195 Å². The summed E-state index contributed by atoms with van der Waals surface area (Å²) < 4.78 is 59.0. The molecule has 0 bridgehead atoms. The van der Waals surface area contributed by atoms with E-state index in [1.165, 1.54) is 29.6 Å². The molecule has 0 saturated carbocycles. The number of hydrogen-bond donors (Lipinski definition) is 2. The molecule has 0 radical (unpaired) electrons. The zero-order valence-corrected chi connectivity index (χ0v) is 20.6. The minimum absolute atomic E-state index is 0.0353. The Kier molecular flexibility index (Phi) is 7.78. The standard InChI is InChI=1S/C22H29N3O6S2/c1-16-7-8-18(32(27,28)23-3)14-20(16)24-22(26)15-31-21-10-9-19(13-17(21)2)33(29,30)25-11-5-4-6-12-25/h7-10,13-14,23H,4-6,11-12,15H2,1-3H3,(H,24,26). The summed E-state index contributed by atoms with van der Waals surface area (Å²) in [7, 11) is -5.88. The number of anilines is 1. The molecule has 180 valence electrons. The number of piperidine rings is 1. The molecule has 0 spiro atoms. The highest BCUT2D eigenvalue weighted by Crippen LogP contribution is 2.26. The van der Waals surface area contributed by atoms with E-state index in [4.69, 9.17) is 4.74 Å². The number of aryl methyl sites for hydroxylation is 2. The van der Waals surface area contributed by atoms with Gasteiger partial charge in [-0.05, 0) is 75.2 Å². The van der Waals surface area contributed by atoms with Crippen LogP contribution >= 0.6 is 0 Å². The Morgan fingerprint density at radius 2 is 1.61 bits per heavy atom. The van der Waals surface area contributed by atoms with Crippen LogP contribution in [-0.4, -0.2) is 53.8 Å². The van der Waals surface area contributed by atoms with E-state index in [-0.39, 0.29) is 16.4 Å². The third kappa shape index (κ3) is 5.91. The van der Waals surface area contributed by atoms with Gasteiger partial charge in [0.05, 0.1) is 9.79 Å². The van der Waals surface area contributed by atoms with Crippen molar-refractivity contribution in [2.45, 2.75) is 42.9 Å². The normalized spacial score (nSPS) is 15.2. The molecule has 11 heteroatoms. The van der Waals surface area contributed by atoms with Crippen LogP contribution < -0.4 is 14.8 Å². The van der Waals surface area contributed by atoms with Crippen LogP contribution in [0.2, 0.25) is 0 Å². The first-order valence-corrected chi connectivity index (χ1v) is 13.5. The molecule has 1 aliphatic heterocycles. The molecule has 1 saturated heterocycles. The smallest absolute Gasteiger partial charge is 0.262 e. The van der Waals surface area contributed by atoms with Crippen LogP contribution in [0.1, 0.15) is 30.4 Å². The average Bonchev–Trinajstić information content (AvgIpc) is 2.80. The Hall–Kier alpha value is -2.47. The van der Waals surface area contributed by atoms with Gasteiger partial charge in [-0.3, -0.25) is 4.79 Å². The summed E-state index contributed by atoms with van der Waals surface area (Å²) in [6.07, 6.45) is 2.75. The number of benzene rings is 2. The van der Waals surface area contributed by atoms with Crippen molar-refractivity contribution < 1.29 is 26.4 Å². The van der Waals surface area contributed by atoms with Crippen LogP contribution in [-0.2, 0) is 24.8 Å². The van der Waals surface area contributed by atoms with Gasteiger partial charge in [0.2, 0.25) is 20.0 Å². The number of amides is 1. The SMILES string of the molecule is CNS(=O)(=O)c1ccc(C)c(NC(=O)COc2ccc(S(=O)(=O)N3CCCCC3)cc2C)c1. The molecule has 0 unspecified atom stereocenters. The highest BCUT2D eigenvalue weighted by molar-refractivity contribution is 7.89. The molecule has 9 nitrogen and oxygen atoms in total. The van der Waals surface area contributed by atoms with Gasteiger partial charge in [0.25, 0.3) is 5.91 Å². The Morgan fingerprint density at radius 1 is 0.939 bits per heavy atom. The second kappa shape index (κ2) is 10.2. The molecule has 2 N–H and O–H groups in total. The Morgan fingerprint density at radius 3 is 2.24 bits per heavy atom. The summed E-state index contributed by atoms with van der Waals surface area (Å²) in [5.74, 6) is -0.0764. The first-order valence-electron chi connectivity index (χ1n) is 10.6. The Balaban J connectivity index is 1.67. The van der Waals surface area contributed by atoms with Crippen LogP contribution in [0.3, 0.4) is 0 Å². The number of hydrogen-bond acceptors (Lipinski definition) is 6. The molecule has 1 amide bonds. The number of ether oxygens (including phenoxy) is 1. The lowest BCUT2D eigenvalue weighted by Crippen LogP contribution is -2.35. The minimum Gasteiger partial charge on any atom is -0.483 e. The lowest BCUT2D eigenvalue weighted by molar-refractivity contribution is -0.118. The van der Waals surface area contributed by atoms with Gasteiger partial charge in [0.15, 0.2) is 6.61 Å². The summed E-state index contributed by atoms with van der Waals surface area (Å²) in [5, 5.41) is 2.66. The first-order chi connectivity index (χ1) is 15.5. The largest absolute Gasteiger partial charge is 0.483 e. The highest BCUT2D eigenvalue weighted by atomic mass is 32.2. The number of carbonyl (C=O) groups excluding carboxylic acids is 1. The summed E-state index contributed by atoms with van der Waals surface area (Å²) in [5.41, 5.74) is 1.65. The van der Waals surface area contributed by atoms with Crippen molar-refractivity contribution in [3.8, 4) is 5.75 Å². The maximum Gasteiger partial charge on any atom is 0.262 e. The lowest BCUT2D eigenvalue weighted by Gasteiger charge is -2.26. The molecule has 0 atom stereocenters. The van der Waals surface area contributed by atoms with E-state index < -0.39 is 26.0 Å². The van der Waals surface area contributed by atoms with E-state index >= 15 is 0 Å². The van der Waals surface area contributed by atoms with Crippen LogP contribution in [0.5, 0.6) is 5.75 Å². The summed E-state index contributed by atoms with van der Waals surface area (Å²) in [4.78, 5) is 12.6. The van der Waals surface area contributed by atoms with Gasteiger partial charge in [-0.1, -0.05) is 12.5 Å². The molecule has 1 heterocycles. The average molecular weight is 496 g/mol. The van der Waals surface area contributed by atoms with E-state index in [0.717, 1.165) is 19.3 Å². The van der Waals surface area contributed by atoms with Crippen LogP contribution in [0.15, 0.2) is 46.2 Å². The van der Waals surface area contributed by atoms with Gasteiger partial charge >= 0.3 is 0 Å². The number of rotatable bonds is 8. The highest BCUT2D eigenvalue weighted by Gasteiger charge is 2.26. The van der Waals surface area contributed by atoms with E-state index in [2.05, 4.69) is 10.0 Å². The number of nitrogens with one attached hydrogen (secondary N) is 2. The molecule has 3 rings (SSSR count). The third-order valence-electron chi connectivity index (χ3n) is 5.52. The first kappa shape index (κ1) is 25.2. The molecular weight excluding hydrogens is 466 g/mol. The fraction of sp³-hybridized carbons (Fsp3) is 0.409. The van der Waals surface area contributed by atoms with Crippen LogP contribution in [0, 0.1) is 13.8 Å². The molecule has 2 aromatic carbocycles. The number of carbonyl (C=O) groups is 1. The van der Waals surface area contributed by atoms with Gasteiger partial charge in [0.1, 0.15) is 5.75 Å². The van der Waals surface area contributed by atoms with Crippen molar-refractivity contribution >= 4 is 31.6 Å². The second-order valence-corrected chi connectivity index (χ2v) is 11.7. The second-order valence-electron chi connectivity index (χ2n) is 7.91. The van der Waals surface area contributed by atoms with Gasteiger partial charge in [-0.25, -0.2) is 21.6 Å². The fourth-order valence-electron chi connectivity index (χ4n) is 3.55. The van der Waals surface area contributed by atoms with Crippen molar-refractivity contribution in [1.29, 1.82) is 0 Å². The number of sulfonamides is 2. The molecule has 2 aromatic rings. The Bertz CT molecular complexity index is 1240. The van der Waals surface area contributed by atoms with Crippen molar-refractivity contribution in [2.24, 2.45) is 0 Å². The van der Waals surface area contributed by atoms with Crippen molar-refractivity contribution in [1.82, 2.24) is 9.03 Å². The monoisotopic (exact) mass is 495 g/mol. The van der Waals surface area contributed by atoms with E-state index in [1.807, 2.05) is 0 Å². The van der Waals surface area contributed by atoms with E-state index in [0.29, 0.717) is 35.7 Å². The fourth-order valence-corrected chi connectivity index (χ4v) is 5.91. The molecule has 1 aliphatic rings. The predicted octanol–water partition coefficient (Wildman–Crippen LogP) is 2.40. The zero-order valence-electron chi connectivity index (χ0n) is 18.9. The molecule has 1 fully saturated rings. The predicted molar refractivity (Wildman–Crippen MR) is 125 cm³/mol. The van der Waals surface area contributed by atoms with Gasteiger partial charge in [-0.15, -0.1) is 0 Å². The quantitative estimate of drug-likeness (QED) is 0.580. The zero-order chi connectivity index (χ0) is 24.2. The van der Waals surface area contributed by atoms with E-state index in [9.17, 15) is 21.6 Å². The van der Waals surface area contributed by atoms with Gasteiger partial charge in [-0.2, -0.15) is 4.31 Å². The van der Waals surface area contributed by atoms with Gasteiger partial charge in [0, 0.05) is 18.8 Å². The van der Waals surface area contributed by atoms with Crippen molar-refractivity contribution in [3.05, 3.63) is 47.5 Å². The maximum atomic E-state index is 12.8.